The van der Waals surface area contributed by atoms with Gasteiger partial charge in [0.05, 0.1) is 10.9 Å². The van der Waals surface area contributed by atoms with E-state index in [0.29, 0.717) is 4.90 Å². The molecule has 6 nitrogen and oxygen atoms in total. The minimum Gasteiger partial charge on any atom is -0.369 e. The van der Waals surface area contributed by atoms with Crippen molar-refractivity contribution in [2.75, 3.05) is 37.6 Å². The van der Waals surface area contributed by atoms with Crippen LogP contribution in [-0.2, 0) is 10.0 Å². The zero-order chi connectivity index (χ0) is 24.3. The lowest BCUT2D eigenvalue weighted by atomic mass is 10.1. The largest absolute Gasteiger partial charge is 0.369 e. The van der Waals surface area contributed by atoms with Gasteiger partial charge in [-0.2, -0.15) is 0 Å². The predicted molar refractivity (Wildman–Crippen MR) is 133 cm³/mol. The topological polar surface area (TPSA) is 65.5 Å². The molecule has 34 heavy (non-hydrogen) atoms. The molecule has 1 aliphatic heterocycles. The number of rotatable bonds is 7. The number of nitrogens with zero attached hydrogens (tertiary/aromatic N) is 3. The molecule has 0 spiro atoms. The highest BCUT2D eigenvalue weighted by Gasteiger charge is 2.28. The molecule has 1 saturated heterocycles. The Bertz CT molecular complexity index is 1200. The number of pyridine rings is 1. The van der Waals surface area contributed by atoms with Crippen molar-refractivity contribution in [2.45, 2.75) is 31.7 Å². The monoisotopic (exact) mass is 482 g/mol. The van der Waals surface area contributed by atoms with Crippen LogP contribution < -0.4 is 9.62 Å². The summed E-state index contributed by atoms with van der Waals surface area (Å²) >= 11 is 0. The minimum absolute atomic E-state index is 0.148. The number of sulfonamides is 1. The van der Waals surface area contributed by atoms with Crippen LogP contribution in [0.2, 0.25) is 0 Å². The summed E-state index contributed by atoms with van der Waals surface area (Å²) in [5.74, 6) is -0.245. The second-order valence-electron chi connectivity index (χ2n) is 8.88. The average Bonchev–Trinajstić information content (AvgIpc) is 2.80. The zero-order valence-electron chi connectivity index (χ0n) is 19.8. The van der Waals surface area contributed by atoms with Crippen LogP contribution in [0, 0.1) is 26.6 Å². The lowest BCUT2D eigenvalue weighted by molar-refractivity contribution is 0.186. The van der Waals surface area contributed by atoms with Gasteiger partial charge in [-0.05, 0) is 67.8 Å². The van der Waals surface area contributed by atoms with Gasteiger partial charge in [0.1, 0.15) is 5.82 Å². The standard InChI is InChI=1S/C26H31FN4O2S/c1-19-15-20(2)26(21(3)16-19)34(32,33)29-18-25(22-5-4-10-28-17-22)31-13-11-30(12-14-31)24-8-6-23(27)7-9-24/h4-10,15-17,25,29H,11-14,18H2,1-3H3/t25-/m0/s1. The Labute approximate surface area is 201 Å². The number of hydrogen-bond acceptors (Lipinski definition) is 5. The number of halogens is 1. The molecule has 0 amide bonds. The van der Waals surface area contributed by atoms with Gasteiger partial charge in [0.2, 0.25) is 10.0 Å². The van der Waals surface area contributed by atoms with Crippen molar-refractivity contribution in [2.24, 2.45) is 0 Å². The van der Waals surface area contributed by atoms with Crippen LogP contribution in [-0.4, -0.2) is 51.0 Å². The second-order valence-corrected chi connectivity index (χ2v) is 10.6. The van der Waals surface area contributed by atoms with E-state index in [1.165, 1.54) is 12.1 Å². The molecule has 180 valence electrons. The van der Waals surface area contributed by atoms with Crippen LogP contribution in [0.5, 0.6) is 0 Å². The van der Waals surface area contributed by atoms with Gasteiger partial charge in [0.25, 0.3) is 0 Å². The van der Waals surface area contributed by atoms with Gasteiger partial charge in [-0.3, -0.25) is 9.88 Å². The van der Waals surface area contributed by atoms with E-state index in [4.69, 9.17) is 0 Å². The third kappa shape index (κ3) is 5.46. The molecule has 2 aromatic carbocycles. The van der Waals surface area contributed by atoms with Crippen LogP contribution in [0.25, 0.3) is 0 Å². The second kappa shape index (κ2) is 10.2. The lowest BCUT2D eigenvalue weighted by Crippen LogP contribution is -2.50. The molecule has 1 fully saturated rings. The Morgan fingerprint density at radius 1 is 1.00 bits per heavy atom. The van der Waals surface area contributed by atoms with Gasteiger partial charge < -0.3 is 4.90 Å². The summed E-state index contributed by atoms with van der Waals surface area (Å²) in [4.78, 5) is 9.12. The summed E-state index contributed by atoms with van der Waals surface area (Å²) in [6, 6.07) is 14.1. The summed E-state index contributed by atoms with van der Waals surface area (Å²) in [7, 11) is -3.68. The zero-order valence-corrected chi connectivity index (χ0v) is 20.6. The first-order chi connectivity index (χ1) is 16.2. The van der Waals surface area contributed by atoms with Gasteiger partial charge in [-0.15, -0.1) is 0 Å². The van der Waals surface area contributed by atoms with E-state index in [2.05, 4.69) is 19.5 Å². The smallest absolute Gasteiger partial charge is 0.241 e. The number of aryl methyl sites for hydroxylation is 3. The molecule has 1 N–H and O–H groups in total. The number of benzene rings is 2. The SMILES string of the molecule is Cc1cc(C)c(S(=O)(=O)NC[C@@H](c2cccnc2)N2CCN(c3ccc(F)cc3)CC2)c(C)c1. The van der Waals surface area contributed by atoms with Gasteiger partial charge in [0, 0.05) is 50.8 Å². The Kier molecular flexibility index (Phi) is 7.30. The van der Waals surface area contributed by atoms with Crippen molar-refractivity contribution >= 4 is 15.7 Å². The van der Waals surface area contributed by atoms with E-state index in [1.54, 1.807) is 24.5 Å². The number of nitrogens with one attached hydrogen (secondary N) is 1. The minimum atomic E-state index is -3.68. The molecule has 0 radical (unpaired) electrons. The molecule has 1 aliphatic rings. The first-order valence-corrected chi connectivity index (χ1v) is 12.9. The van der Waals surface area contributed by atoms with Crippen molar-refractivity contribution in [3.8, 4) is 0 Å². The van der Waals surface area contributed by atoms with Crippen LogP contribution in [0.1, 0.15) is 28.3 Å². The molecular weight excluding hydrogens is 451 g/mol. The van der Waals surface area contributed by atoms with Crippen molar-refractivity contribution in [1.29, 1.82) is 0 Å². The van der Waals surface area contributed by atoms with Crippen LogP contribution >= 0.6 is 0 Å². The van der Waals surface area contributed by atoms with E-state index in [1.807, 2.05) is 45.0 Å². The third-order valence-electron chi connectivity index (χ3n) is 6.36. The van der Waals surface area contributed by atoms with Crippen LogP contribution in [0.3, 0.4) is 0 Å². The van der Waals surface area contributed by atoms with Gasteiger partial charge in [-0.1, -0.05) is 23.8 Å². The van der Waals surface area contributed by atoms with E-state index >= 15 is 0 Å². The fourth-order valence-electron chi connectivity index (χ4n) is 4.83. The highest BCUT2D eigenvalue weighted by molar-refractivity contribution is 7.89. The van der Waals surface area contributed by atoms with Crippen molar-refractivity contribution in [1.82, 2.24) is 14.6 Å². The Morgan fingerprint density at radius 2 is 1.65 bits per heavy atom. The third-order valence-corrected chi connectivity index (χ3v) is 8.08. The maximum atomic E-state index is 13.3. The number of hydrogen-bond donors (Lipinski definition) is 1. The first kappa shape index (κ1) is 24.3. The molecule has 0 bridgehead atoms. The van der Waals surface area contributed by atoms with Crippen molar-refractivity contribution in [3.05, 3.63) is 89.0 Å². The molecule has 4 rings (SSSR count). The number of anilines is 1. The number of piperazine rings is 1. The highest BCUT2D eigenvalue weighted by Crippen LogP contribution is 2.26. The quantitative estimate of drug-likeness (QED) is 0.552. The van der Waals surface area contributed by atoms with Gasteiger partial charge in [-0.25, -0.2) is 17.5 Å². The average molecular weight is 483 g/mol. The maximum Gasteiger partial charge on any atom is 0.241 e. The molecule has 3 aromatic rings. The summed E-state index contributed by atoms with van der Waals surface area (Å²) in [5, 5.41) is 0. The van der Waals surface area contributed by atoms with Gasteiger partial charge >= 0.3 is 0 Å². The molecular formula is C26H31FN4O2S. The van der Waals surface area contributed by atoms with Crippen LogP contribution in [0.4, 0.5) is 10.1 Å². The summed E-state index contributed by atoms with van der Waals surface area (Å²) in [6.45, 7) is 8.92. The van der Waals surface area contributed by atoms with E-state index in [9.17, 15) is 12.8 Å². The Morgan fingerprint density at radius 3 is 2.24 bits per heavy atom. The van der Waals surface area contributed by atoms with E-state index in [-0.39, 0.29) is 18.4 Å². The molecule has 2 heterocycles. The highest BCUT2D eigenvalue weighted by atomic mass is 32.2. The lowest BCUT2D eigenvalue weighted by Gasteiger charge is -2.40. The van der Waals surface area contributed by atoms with E-state index in [0.717, 1.165) is 54.1 Å². The molecule has 1 atom stereocenters. The summed E-state index contributed by atoms with van der Waals surface area (Å²) in [6.07, 6.45) is 3.52. The molecule has 0 saturated carbocycles. The maximum absolute atomic E-state index is 13.3. The Balaban J connectivity index is 1.51. The van der Waals surface area contributed by atoms with Crippen LogP contribution in [0.15, 0.2) is 65.8 Å². The summed E-state index contributed by atoms with van der Waals surface area (Å²) < 4.78 is 42.7. The first-order valence-electron chi connectivity index (χ1n) is 11.5. The number of aromatic nitrogens is 1. The molecule has 1 aromatic heterocycles. The predicted octanol–water partition coefficient (Wildman–Crippen LogP) is 3.99. The summed E-state index contributed by atoms with van der Waals surface area (Å²) in [5.41, 5.74) is 4.50. The molecule has 0 aliphatic carbocycles. The molecule has 8 heteroatoms. The Hall–Kier alpha value is -2.81. The van der Waals surface area contributed by atoms with Crippen molar-refractivity contribution in [3.63, 3.8) is 0 Å². The fourth-order valence-corrected chi connectivity index (χ4v) is 6.31. The van der Waals surface area contributed by atoms with E-state index < -0.39 is 10.0 Å². The molecule has 0 unspecified atom stereocenters. The van der Waals surface area contributed by atoms with Gasteiger partial charge in [0.15, 0.2) is 0 Å². The fraction of sp³-hybridized carbons (Fsp3) is 0.346. The van der Waals surface area contributed by atoms with Crippen molar-refractivity contribution < 1.29 is 12.8 Å². The normalized spacial score (nSPS) is 15.9.